The zero-order valence-corrected chi connectivity index (χ0v) is 10.4. The van der Waals surface area contributed by atoms with Crippen LogP contribution in [0.3, 0.4) is 0 Å². The average Bonchev–Trinajstić information content (AvgIpc) is 2.54. The predicted molar refractivity (Wildman–Crippen MR) is 59.8 cm³/mol. The normalized spacial score (nSPS) is 49.1. The van der Waals surface area contributed by atoms with Gasteiger partial charge in [-0.25, -0.2) is 8.42 Å². The van der Waals surface area contributed by atoms with Crippen molar-refractivity contribution in [3.05, 3.63) is 0 Å². The van der Waals surface area contributed by atoms with Crippen molar-refractivity contribution in [2.75, 3.05) is 5.75 Å². The maximum Gasteiger partial charge on any atom is 0.254 e. The molecule has 0 aromatic heterocycles. The Morgan fingerprint density at radius 2 is 2.13 bits per heavy atom. The third-order valence-electron chi connectivity index (χ3n) is 4.81. The van der Waals surface area contributed by atoms with Gasteiger partial charge in [0.05, 0.1) is 16.8 Å². The third-order valence-corrected chi connectivity index (χ3v) is 6.66. The number of hydrogen-bond acceptors (Lipinski definition) is 2. The zero-order valence-electron chi connectivity index (χ0n) is 8.83. The minimum atomic E-state index is -3.25. The van der Waals surface area contributed by atoms with Gasteiger partial charge in [0.15, 0.2) is 0 Å². The summed E-state index contributed by atoms with van der Waals surface area (Å²) < 4.78 is 27.1. The number of hydrogen-bond donors (Lipinski definition) is 0. The summed E-state index contributed by atoms with van der Waals surface area (Å²) in [5, 5.41) is -0.161. The number of nitrogens with zero attached hydrogens (tertiary/aromatic N) is 1. The van der Waals surface area contributed by atoms with Gasteiger partial charge >= 0.3 is 0 Å². The van der Waals surface area contributed by atoms with Crippen LogP contribution in [0.2, 0.25) is 0 Å². The number of alkyl halides is 1. The molecule has 3 atom stereocenters. The Hall–Kier alpha value is -0.0900. The second-order valence-corrected chi connectivity index (χ2v) is 7.66. The van der Waals surface area contributed by atoms with E-state index in [0.717, 1.165) is 18.6 Å². The first kappa shape index (κ1) is 10.1. The van der Waals surface area contributed by atoms with E-state index in [9.17, 15) is 8.42 Å². The lowest BCUT2D eigenvalue weighted by Crippen LogP contribution is -2.38. The van der Waals surface area contributed by atoms with Crippen LogP contribution >= 0.6 is 11.6 Å². The highest BCUT2D eigenvalue weighted by atomic mass is 35.5. The first-order chi connectivity index (χ1) is 6.80. The van der Waals surface area contributed by atoms with Gasteiger partial charge in [-0.2, -0.15) is 4.40 Å². The molecule has 1 heterocycles. The lowest BCUT2D eigenvalue weighted by molar-refractivity contribution is 0.199. The Kier molecular flexibility index (Phi) is 1.63. The molecule has 0 aromatic rings. The van der Waals surface area contributed by atoms with E-state index in [1.165, 1.54) is 0 Å². The second kappa shape index (κ2) is 2.43. The molecule has 3 rings (SSSR count). The third kappa shape index (κ3) is 0.936. The van der Waals surface area contributed by atoms with Gasteiger partial charge in [-0.15, -0.1) is 11.6 Å². The number of rotatable bonds is 0. The number of sulfonamides is 1. The molecule has 0 saturated heterocycles. The predicted octanol–water partition coefficient (Wildman–Crippen LogP) is 1.81. The Bertz CT molecular complexity index is 468. The van der Waals surface area contributed by atoms with Crippen LogP contribution in [0.25, 0.3) is 0 Å². The molecule has 0 N–H and O–H groups in total. The fourth-order valence-corrected chi connectivity index (χ4v) is 6.52. The molecule has 2 saturated carbocycles. The van der Waals surface area contributed by atoms with E-state index in [1.807, 2.05) is 0 Å². The van der Waals surface area contributed by atoms with Crippen LogP contribution in [0.15, 0.2) is 4.40 Å². The van der Waals surface area contributed by atoms with E-state index in [-0.39, 0.29) is 22.0 Å². The van der Waals surface area contributed by atoms with Gasteiger partial charge in [0, 0.05) is 5.41 Å². The van der Waals surface area contributed by atoms with Crippen LogP contribution < -0.4 is 0 Å². The quantitative estimate of drug-likeness (QED) is 0.613. The Labute approximate surface area is 95.0 Å². The van der Waals surface area contributed by atoms with Crippen molar-refractivity contribution in [3.8, 4) is 0 Å². The highest BCUT2D eigenvalue weighted by Crippen LogP contribution is 2.67. The molecule has 3 aliphatic rings. The van der Waals surface area contributed by atoms with Gasteiger partial charge in [0.2, 0.25) is 0 Å². The van der Waals surface area contributed by atoms with E-state index < -0.39 is 10.0 Å². The molecule has 84 valence electrons. The first-order valence-electron chi connectivity index (χ1n) is 5.27. The smallest absolute Gasteiger partial charge is 0.205 e. The largest absolute Gasteiger partial charge is 0.254 e. The van der Waals surface area contributed by atoms with E-state index in [2.05, 4.69) is 18.2 Å². The fraction of sp³-hybridized carbons (Fsp3) is 0.900. The summed E-state index contributed by atoms with van der Waals surface area (Å²) in [5.74, 6) is 0.579. The number of fused-ring (bicyclic) bond motifs is 1. The summed E-state index contributed by atoms with van der Waals surface area (Å²) in [5.41, 5.74) is 0.496. The second-order valence-electron chi connectivity index (χ2n) is 5.55. The molecule has 1 aliphatic heterocycles. The molecule has 5 heteroatoms. The molecule has 0 radical (unpaired) electrons. The minimum absolute atomic E-state index is 0.0121. The van der Waals surface area contributed by atoms with Crippen molar-refractivity contribution in [3.63, 3.8) is 0 Å². The summed E-state index contributed by atoms with van der Waals surface area (Å²) in [6, 6.07) is 0. The standard InChI is InChI=1S/C10H14ClNO2S/c1-9(2)6-3-4-10(9)5-15(13,14)12-8(10)7(6)11/h6-7H,3-5H2,1-2H3/t6-,7-,10-/m1/s1. The minimum Gasteiger partial charge on any atom is -0.205 e. The van der Waals surface area contributed by atoms with Crippen molar-refractivity contribution in [1.29, 1.82) is 0 Å². The molecule has 0 aromatic carbocycles. The Morgan fingerprint density at radius 3 is 2.73 bits per heavy atom. The summed E-state index contributed by atoms with van der Waals surface area (Å²) in [7, 11) is -3.25. The first-order valence-corrected chi connectivity index (χ1v) is 7.32. The fourth-order valence-electron chi connectivity index (χ4n) is 3.83. The van der Waals surface area contributed by atoms with Gasteiger partial charge in [0.1, 0.15) is 0 Å². The van der Waals surface area contributed by atoms with Crippen LogP contribution in [-0.4, -0.2) is 25.3 Å². The van der Waals surface area contributed by atoms with Crippen molar-refractivity contribution in [2.45, 2.75) is 32.1 Å². The average molecular weight is 248 g/mol. The SMILES string of the molecule is CC1(C)[C@@H]2CC[C@]13CS(=O)(=O)N=C3[C@@H]2Cl. The van der Waals surface area contributed by atoms with Crippen LogP contribution in [0.4, 0.5) is 0 Å². The summed E-state index contributed by atoms with van der Waals surface area (Å²) in [6.07, 6.45) is 1.97. The lowest BCUT2D eigenvalue weighted by Gasteiger charge is -2.33. The van der Waals surface area contributed by atoms with Gasteiger partial charge in [0.25, 0.3) is 10.0 Å². The molecule has 2 fully saturated rings. The summed E-state index contributed by atoms with van der Waals surface area (Å²) in [4.78, 5) is 0. The molecule has 3 nitrogen and oxygen atoms in total. The molecular weight excluding hydrogens is 234 g/mol. The van der Waals surface area contributed by atoms with Crippen LogP contribution in [-0.2, 0) is 10.0 Å². The van der Waals surface area contributed by atoms with E-state index in [0.29, 0.717) is 5.92 Å². The molecule has 2 aliphatic carbocycles. The van der Waals surface area contributed by atoms with Crippen molar-refractivity contribution >= 4 is 27.3 Å². The Morgan fingerprint density at radius 1 is 1.47 bits per heavy atom. The monoisotopic (exact) mass is 247 g/mol. The molecule has 2 bridgehead atoms. The van der Waals surface area contributed by atoms with Crippen molar-refractivity contribution < 1.29 is 8.42 Å². The zero-order chi connectivity index (χ0) is 11.1. The molecule has 15 heavy (non-hydrogen) atoms. The number of halogens is 1. The van der Waals surface area contributed by atoms with Gasteiger partial charge in [-0.05, 0) is 24.2 Å². The van der Waals surface area contributed by atoms with Crippen molar-refractivity contribution in [2.24, 2.45) is 21.1 Å². The molecule has 0 amide bonds. The maximum atomic E-state index is 11.6. The van der Waals surface area contributed by atoms with E-state index >= 15 is 0 Å². The van der Waals surface area contributed by atoms with Crippen LogP contribution in [0.1, 0.15) is 26.7 Å². The molecule has 1 spiro atoms. The van der Waals surface area contributed by atoms with Gasteiger partial charge in [-0.3, -0.25) is 0 Å². The van der Waals surface area contributed by atoms with Crippen molar-refractivity contribution in [1.82, 2.24) is 0 Å². The van der Waals surface area contributed by atoms with E-state index in [4.69, 9.17) is 11.6 Å². The van der Waals surface area contributed by atoms with Gasteiger partial charge < -0.3 is 0 Å². The highest BCUT2D eigenvalue weighted by molar-refractivity contribution is 7.90. The van der Waals surface area contributed by atoms with Crippen LogP contribution in [0, 0.1) is 16.7 Å². The summed E-state index contributed by atoms with van der Waals surface area (Å²) in [6.45, 7) is 4.28. The van der Waals surface area contributed by atoms with Gasteiger partial charge in [-0.1, -0.05) is 13.8 Å². The summed E-state index contributed by atoms with van der Waals surface area (Å²) >= 11 is 6.32. The molecule has 0 unspecified atom stereocenters. The highest BCUT2D eigenvalue weighted by Gasteiger charge is 2.70. The lowest BCUT2D eigenvalue weighted by atomic mass is 9.70. The van der Waals surface area contributed by atoms with Crippen LogP contribution in [0.5, 0.6) is 0 Å². The van der Waals surface area contributed by atoms with E-state index in [1.54, 1.807) is 0 Å². The topological polar surface area (TPSA) is 46.5 Å². The molecular formula is C10H14ClNO2S. The maximum absolute atomic E-state index is 11.6. The Balaban J connectivity index is 2.26.